The summed E-state index contributed by atoms with van der Waals surface area (Å²) in [6, 6.07) is -6.08. The first-order valence-corrected chi connectivity index (χ1v) is 40.0. The van der Waals surface area contributed by atoms with Crippen molar-refractivity contribution in [1.29, 1.82) is 0 Å². The number of carbonyl (C=O) groups excluding carboxylic acids is 12. The van der Waals surface area contributed by atoms with Gasteiger partial charge < -0.3 is 60.0 Å². The summed E-state index contributed by atoms with van der Waals surface area (Å²) in [5.74, 6) is -8.70. The highest BCUT2D eigenvalue weighted by Gasteiger charge is 2.51. The van der Waals surface area contributed by atoms with Gasteiger partial charge in [-0.1, -0.05) is 105 Å². The van der Waals surface area contributed by atoms with Crippen LogP contribution in [0.15, 0.2) is 30.0 Å². The number of piperidine rings is 1. The Labute approximate surface area is 615 Å². The molecular weight excluding hydrogens is 1440 g/mol. The highest BCUT2D eigenvalue weighted by molar-refractivity contribution is 14.2. The van der Waals surface area contributed by atoms with Crippen molar-refractivity contribution in [3.8, 4) is 0 Å². The molecule has 3 N–H and O–H groups in total. The fourth-order valence-electron chi connectivity index (χ4n) is 15.7. The number of carbonyl (C=O) groups is 12. The van der Waals surface area contributed by atoms with Crippen LogP contribution >= 0.6 is 20.7 Å². The van der Waals surface area contributed by atoms with Gasteiger partial charge in [-0.05, 0) is 134 Å². The maximum absolute atomic E-state index is 15.5. The highest BCUT2D eigenvalue weighted by atomic mass is 127. The van der Waals surface area contributed by atoms with Crippen molar-refractivity contribution < 1.29 is 70.7 Å². The van der Waals surface area contributed by atoms with E-state index in [1.165, 1.54) is 95.6 Å². The summed E-state index contributed by atoms with van der Waals surface area (Å²) in [5, 5.41) is 8.79. The molecule has 0 bridgehead atoms. The molecule has 1 spiro atoms. The second kappa shape index (κ2) is 35.4. The monoisotopic (exact) mass is 1560 g/mol. The molecule has 2 saturated carbocycles. The van der Waals surface area contributed by atoms with E-state index in [4.69, 9.17) is 0 Å². The van der Waals surface area contributed by atoms with E-state index in [0.29, 0.717) is 68.0 Å². The van der Waals surface area contributed by atoms with Crippen LogP contribution in [0.25, 0.3) is 0 Å². The van der Waals surface area contributed by atoms with Crippen molar-refractivity contribution in [2.75, 3.05) is 79.4 Å². The molecule has 12 amide bonds. The lowest BCUT2D eigenvalue weighted by molar-refractivity contribution is -0.156. The van der Waals surface area contributed by atoms with Crippen molar-refractivity contribution in [3.05, 3.63) is 46.7 Å². The van der Waals surface area contributed by atoms with E-state index in [-0.39, 0.29) is 81.1 Å². The minimum absolute atomic E-state index is 0.00634. The van der Waals surface area contributed by atoms with E-state index in [9.17, 15) is 32.3 Å². The Morgan fingerprint density at radius 3 is 1.93 bits per heavy atom. The summed E-state index contributed by atoms with van der Waals surface area (Å²) >= 11 is -0.542. The van der Waals surface area contributed by atoms with E-state index >= 15 is 38.4 Å². The molecule has 1 aromatic rings. The third-order valence-electron chi connectivity index (χ3n) is 22.7. The molecule has 28 heteroatoms. The fourth-order valence-corrected chi connectivity index (χ4v) is 17.2. The summed E-state index contributed by atoms with van der Waals surface area (Å²) < 4.78 is 44.4. The number of hydrogen-bond donors (Lipinski definition) is 3. The van der Waals surface area contributed by atoms with E-state index < -0.39 is 182 Å². The molecule has 0 aromatic heterocycles. The number of benzene rings is 1. The predicted molar refractivity (Wildman–Crippen MR) is 391 cm³/mol. The number of aryl methyl sites for hydroxylation is 1. The maximum Gasteiger partial charge on any atom is 0.417 e. The number of nitrogens with zero attached hydrogens (tertiary/aromatic N) is 9. The van der Waals surface area contributed by atoms with Gasteiger partial charge >= 0.3 is 6.18 Å². The van der Waals surface area contributed by atoms with Gasteiger partial charge in [0, 0.05) is 72.9 Å². The summed E-state index contributed by atoms with van der Waals surface area (Å²) in [7, 11) is 8.62. The van der Waals surface area contributed by atoms with Gasteiger partial charge in [0.2, 0.25) is 65.0 Å². The summed E-state index contributed by atoms with van der Waals surface area (Å²) in [5.41, 5.74) is -1.75. The van der Waals surface area contributed by atoms with Gasteiger partial charge in [-0.15, -0.1) is 20.7 Å². The average molecular weight is 1560 g/mol. The zero-order chi connectivity index (χ0) is 75.7. The average Bonchev–Trinajstić information content (AvgIpc) is 1.62. The molecule has 24 nitrogen and oxygen atoms in total. The van der Waals surface area contributed by atoms with Crippen LogP contribution in [0.5, 0.6) is 0 Å². The van der Waals surface area contributed by atoms with Gasteiger partial charge in [-0.3, -0.25) is 57.5 Å². The molecule has 8 rings (SSSR count). The second-order valence-electron chi connectivity index (χ2n) is 30.7. The lowest BCUT2D eigenvalue weighted by Crippen LogP contribution is -2.65. The van der Waals surface area contributed by atoms with Crippen molar-refractivity contribution in [3.63, 3.8) is 0 Å². The third kappa shape index (κ3) is 19.4. The van der Waals surface area contributed by atoms with Gasteiger partial charge in [0.05, 0.1) is 18.5 Å². The largest absolute Gasteiger partial charge is 0.417 e. The number of halogens is 4. The predicted octanol–water partition coefficient (Wildman–Crippen LogP) is 6.40. The zero-order valence-corrected chi connectivity index (χ0v) is 64.9. The Morgan fingerprint density at radius 2 is 1.34 bits per heavy atom. The molecule has 5 aliphatic heterocycles. The molecule has 2 aliphatic carbocycles. The van der Waals surface area contributed by atoms with Crippen LogP contribution in [0.2, 0.25) is 0 Å². The van der Waals surface area contributed by atoms with E-state index in [0.717, 1.165) is 53.0 Å². The molecule has 3 saturated heterocycles. The van der Waals surface area contributed by atoms with Crippen molar-refractivity contribution >= 4 is 95.1 Å². The number of fused-ring (bicyclic) bond motifs is 2. The highest BCUT2D eigenvalue weighted by Crippen LogP contribution is 2.39. The number of likely N-dealkylation sites (tertiary alicyclic amines) is 1. The number of likely N-dealkylation sites (N-methyl/N-ethyl adjacent to an activating group) is 6. The van der Waals surface area contributed by atoms with Crippen LogP contribution < -0.4 is 16.0 Å². The van der Waals surface area contributed by atoms with E-state index in [1.807, 2.05) is 20.8 Å². The van der Waals surface area contributed by atoms with Crippen LogP contribution in [0.1, 0.15) is 194 Å². The van der Waals surface area contributed by atoms with Crippen LogP contribution in [0.4, 0.5) is 13.2 Å². The Bertz CT molecular complexity index is 3400. The quantitative estimate of drug-likeness (QED) is 0.143. The number of rotatable bonds is 13. The Morgan fingerprint density at radius 1 is 0.689 bits per heavy atom. The van der Waals surface area contributed by atoms with E-state index in [2.05, 4.69) is 16.0 Å². The Kier molecular flexibility index (Phi) is 28.1. The summed E-state index contributed by atoms with van der Waals surface area (Å²) in [6.07, 6.45) is 6.03. The third-order valence-corrected chi connectivity index (χ3v) is 24.8. The fraction of sp³-hybridized carbons (Fsp3) is 0.720. The molecular formula is C75H112F3IN12O12. The number of alkyl halides is 4. The maximum atomic E-state index is 15.5. The van der Waals surface area contributed by atoms with Crippen LogP contribution in [-0.4, -0.2) is 252 Å². The number of nitrogens with one attached hydrogen (secondary N) is 3. The van der Waals surface area contributed by atoms with Crippen LogP contribution in [0.3, 0.4) is 0 Å². The number of hydrogen-bond acceptors (Lipinski definition) is 12. The normalized spacial score (nSPS) is 27.1. The molecule has 7 aliphatic rings. The summed E-state index contributed by atoms with van der Waals surface area (Å²) in [6.45, 7) is 12.7. The van der Waals surface area contributed by atoms with E-state index in [1.54, 1.807) is 31.7 Å². The standard InChI is InChI=1S/C75H112F3IN12O12/c1-14-47(6)62-71(101)85(10)56(32-27-45(2)3)70(100)91-39-33-57(91)68(98)86(11)58(41-49-24-17-15-18-25-49)67(97)83(8)44-60(92)80-54(31-29-50-28-30-52(75(76,77)78)51(40-50)53-43-79-53)66(96)90-38-23-26-55(90)65(95)82-74(34-19-20-35-74)73(103)88(13)63(46(4)5)72(102)87(12)59(69(99)89-36-21-16-22-37-89)42-61(93)84(9)48(7)64(94)81-62/h28,30,33,40,45-49,54-56,58-59,62-63H,14-27,29,31-32,34-39,41-44H2,1-13H3,(H,80,92)(H,81,94)(H,82,95)/t47-,48-,54-,55-,56-,58-,59-,62?,63-/m0/s1. The van der Waals surface area contributed by atoms with Crippen LogP contribution in [0, 0.1) is 23.7 Å². The lowest BCUT2D eigenvalue weighted by atomic mass is 9.84. The second-order valence-corrected chi connectivity index (χ2v) is 33.6. The topological polar surface area (TPSA) is 270 Å². The van der Waals surface area contributed by atoms with Gasteiger partial charge in [-0.2, -0.15) is 13.2 Å². The van der Waals surface area contributed by atoms with Crippen LogP contribution in [-0.2, 0) is 70.1 Å². The molecule has 9 atom stereocenters. The smallest absolute Gasteiger partial charge is 0.343 e. The molecule has 103 heavy (non-hydrogen) atoms. The molecule has 1 aromatic carbocycles. The minimum Gasteiger partial charge on any atom is -0.343 e. The lowest BCUT2D eigenvalue weighted by Gasteiger charge is -2.42. The number of amides is 12. The Balaban J connectivity index is 1.18. The molecule has 5 heterocycles. The molecule has 1 unspecified atom stereocenters. The Hall–Kier alpha value is -7.01. The SMILES string of the molecule is CC[C@H](C)C1NC(=O)[C@H](C)N(C)C(=O)C[C@@H](C(=O)N2CCCCC2)N(C)C(=O)[C@H](C(C)C)N(C)C(=O)C2(CCCC2)NC(=O)[C@@H]2CCCN2C(=O)[C@H](CCc2ccc(C(F)(F)F)c(C3=IC3)c2)NC(=O)CN(C)C(=O)[C@H](CC2CCCCC2)N(C)C(=O)C2=CCN2C(=O)[C@H](CCC(C)C)N(C)C1=O. The van der Waals surface area contributed by atoms with Gasteiger partial charge in [0.1, 0.15) is 59.6 Å². The molecule has 5 fully saturated rings. The summed E-state index contributed by atoms with van der Waals surface area (Å²) in [4.78, 5) is 192. The first kappa shape index (κ1) is 81.7. The first-order chi connectivity index (χ1) is 48.6. The van der Waals surface area contributed by atoms with Gasteiger partial charge in [0.15, 0.2) is 0 Å². The van der Waals surface area contributed by atoms with Crippen molar-refractivity contribution in [1.82, 2.24) is 60.0 Å². The van der Waals surface area contributed by atoms with Gasteiger partial charge in [0.25, 0.3) is 5.91 Å². The molecule has 572 valence electrons. The molecule has 0 radical (unpaired) electrons. The minimum atomic E-state index is -4.61. The van der Waals surface area contributed by atoms with Crippen molar-refractivity contribution in [2.24, 2.45) is 23.7 Å². The first-order valence-electron chi connectivity index (χ1n) is 37.4. The van der Waals surface area contributed by atoms with Gasteiger partial charge in [-0.25, -0.2) is 0 Å². The zero-order valence-electron chi connectivity index (χ0n) is 62.8. The van der Waals surface area contributed by atoms with Crippen molar-refractivity contribution in [2.45, 2.75) is 243 Å².